The van der Waals surface area contributed by atoms with Gasteiger partial charge < -0.3 is 4.90 Å². The molecule has 0 radical (unpaired) electrons. The smallest absolute Gasteiger partial charge is 0.301 e. The van der Waals surface area contributed by atoms with E-state index in [1.54, 1.807) is 12.3 Å². The van der Waals surface area contributed by atoms with Gasteiger partial charge in [-0.3, -0.25) is 4.72 Å². The summed E-state index contributed by atoms with van der Waals surface area (Å²) in [5.41, 5.74) is 2.91. The summed E-state index contributed by atoms with van der Waals surface area (Å²) >= 11 is 0. The number of para-hydroxylation sites is 1. The van der Waals surface area contributed by atoms with E-state index < -0.39 is 10.2 Å². The number of nitrogens with one attached hydrogen (secondary N) is 1. The van der Waals surface area contributed by atoms with Crippen LogP contribution in [0.25, 0.3) is 0 Å². The predicted octanol–water partition coefficient (Wildman–Crippen LogP) is 2.38. The van der Waals surface area contributed by atoms with E-state index >= 15 is 0 Å². The second kappa shape index (κ2) is 5.82. The molecule has 1 aromatic carbocycles. The Bertz CT molecular complexity index is 803. The van der Waals surface area contributed by atoms with Gasteiger partial charge in [-0.25, -0.2) is 4.98 Å². The molecule has 0 fully saturated rings. The molecular formula is C16H20N4O2S. The summed E-state index contributed by atoms with van der Waals surface area (Å²) in [5, 5.41) is 0. The molecule has 7 heteroatoms. The highest BCUT2D eigenvalue weighted by Crippen LogP contribution is 2.37. The van der Waals surface area contributed by atoms with Crippen LogP contribution in [0.4, 0.5) is 17.2 Å². The number of benzene rings is 1. The van der Waals surface area contributed by atoms with E-state index in [1.165, 1.54) is 19.7 Å². The number of pyridine rings is 1. The standard InChI is InChI=1S/C16H20N4O2S/c1-12-10-13-6-4-5-7-15(13)20(12)16-9-8-14(11-17-16)18-23(21,22)19(2)3/h4-9,11-12,18H,10H2,1-3H3. The van der Waals surface area contributed by atoms with Crippen molar-refractivity contribution >= 4 is 27.4 Å². The van der Waals surface area contributed by atoms with E-state index in [0.29, 0.717) is 11.7 Å². The van der Waals surface area contributed by atoms with Gasteiger partial charge in [0.05, 0.1) is 11.9 Å². The van der Waals surface area contributed by atoms with Crippen LogP contribution in [0.2, 0.25) is 0 Å². The second-order valence-electron chi connectivity index (χ2n) is 5.85. The lowest BCUT2D eigenvalue weighted by atomic mass is 10.1. The van der Waals surface area contributed by atoms with Gasteiger partial charge in [0.25, 0.3) is 0 Å². The van der Waals surface area contributed by atoms with Crippen LogP contribution in [0.1, 0.15) is 12.5 Å². The summed E-state index contributed by atoms with van der Waals surface area (Å²) < 4.78 is 27.3. The highest BCUT2D eigenvalue weighted by molar-refractivity contribution is 7.90. The number of fused-ring (bicyclic) bond motifs is 1. The number of hydrogen-bond acceptors (Lipinski definition) is 4. The lowest BCUT2D eigenvalue weighted by Gasteiger charge is -2.24. The van der Waals surface area contributed by atoms with Crippen LogP contribution in [0.5, 0.6) is 0 Å². The Morgan fingerprint density at radius 3 is 2.61 bits per heavy atom. The van der Waals surface area contributed by atoms with Crippen molar-refractivity contribution < 1.29 is 8.42 Å². The Balaban J connectivity index is 1.86. The third-order valence-corrected chi connectivity index (χ3v) is 5.38. The van der Waals surface area contributed by atoms with E-state index in [9.17, 15) is 8.42 Å². The molecule has 1 aliphatic rings. The molecule has 0 spiro atoms. The topological polar surface area (TPSA) is 65.5 Å². The zero-order valence-corrected chi connectivity index (χ0v) is 14.2. The van der Waals surface area contributed by atoms with Crippen molar-refractivity contribution in [3.05, 3.63) is 48.2 Å². The fraction of sp³-hybridized carbons (Fsp3) is 0.312. The quantitative estimate of drug-likeness (QED) is 0.933. The third-order valence-electron chi connectivity index (χ3n) is 3.93. The Kier molecular flexibility index (Phi) is 3.99. The zero-order valence-electron chi connectivity index (χ0n) is 13.4. The summed E-state index contributed by atoms with van der Waals surface area (Å²) in [6.45, 7) is 2.16. The van der Waals surface area contributed by atoms with Gasteiger partial charge in [0, 0.05) is 25.8 Å². The molecule has 3 rings (SSSR count). The maximum atomic E-state index is 11.8. The molecule has 0 bridgehead atoms. The van der Waals surface area contributed by atoms with Gasteiger partial charge in [-0.05, 0) is 37.1 Å². The second-order valence-corrected chi connectivity index (χ2v) is 7.73. The fourth-order valence-electron chi connectivity index (χ4n) is 2.74. The van der Waals surface area contributed by atoms with E-state index in [1.807, 2.05) is 18.2 Å². The molecule has 0 saturated carbocycles. The summed E-state index contributed by atoms with van der Waals surface area (Å²) in [4.78, 5) is 6.61. The monoisotopic (exact) mass is 332 g/mol. The van der Waals surface area contributed by atoms with Crippen LogP contribution in [0.15, 0.2) is 42.6 Å². The van der Waals surface area contributed by atoms with Crippen LogP contribution in [-0.4, -0.2) is 37.8 Å². The molecule has 1 aliphatic heterocycles. The maximum absolute atomic E-state index is 11.8. The molecule has 2 heterocycles. The molecule has 1 N–H and O–H groups in total. The van der Waals surface area contributed by atoms with E-state index in [2.05, 4.69) is 33.7 Å². The maximum Gasteiger partial charge on any atom is 0.301 e. The van der Waals surface area contributed by atoms with Gasteiger partial charge in [0.1, 0.15) is 5.82 Å². The Labute approximate surface area is 136 Å². The minimum Gasteiger partial charge on any atom is -0.323 e. The van der Waals surface area contributed by atoms with E-state index in [-0.39, 0.29) is 0 Å². The summed E-state index contributed by atoms with van der Waals surface area (Å²) in [5.74, 6) is 0.815. The van der Waals surface area contributed by atoms with Crippen molar-refractivity contribution in [1.82, 2.24) is 9.29 Å². The van der Waals surface area contributed by atoms with Gasteiger partial charge in [-0.1, -0.05) is 18.2 Å². The van der Waals surface area contributed by atoms with Crippen LogP contribution in [0, 0.1) is 0 Å². The molecular weight excluding hydrogens is 312 g/mol. The van der Waals surface area contributed by atoms with Crippen molar-refractivity contribution in [2.45, 2.75) is 19.4 Å². The van der Waals surface area contributed by atoms with E-state index in [0.717, 1.165) is 22.2 Å². The van der Waals surface area contributed by atoms with Crippen molar-refractivity contribution in [3.8, 4) is 0 Å². The molecule has 1 aromatic heterocycles. The van der Waals surface area contributed by atoms with Crippen molar-refractivity contribution in [2.75, 3.05) is 23.7 Å². The Morgan fingerprint density at radius 1 is 1.22 bits per heavy atom. The van der Waals surface area contributed by atoms with Crippen molar-refractivity contribution in [3.63, 3.8) is 0 Å². The van der Waals surface area contributed by atoms with Gasteiger partial charge >= 0.3 is 10.2 Å². The van der Waals surface area contributed by atoms with Crippen LogP contribution < -0.4 is 9.62 Å². The average Bonchev–Trinajstić information content (AvgIpc) is 2.83. The molecule has 122 valence electrons. The molecule has 1 atom stereocenters. The largest absolute Gasteiger partial charge is 0.323 e. The minimum absolute atomic E-state index is 0.323. The normalized spacial score (nSPS) is 17.4. The predicted molar refractivity (Wildman–Crippen MR) is 92.2 cm³/mol. The van der Waals surface area contributed by atoms with Gasteiger partial charge in [0.15, 0.2) is 0 Å². The lowest BCUT2D eigenvalue weighted by Crippen LogP contribution is -2.29. The molecule has 0 aliphatic carbocycles. The summed E-state index contributed by atoms with van der Waals surface area (Å²) in [6, 6.07) is 12.2. The first-order valence-corrected chi connectivity index (χ1v) is 8.86. The van der Waals surface area contributed by atoms with Gasteiger partial charge in [-0.15, -0.1) is 0 Å². The molecule has 0 saturated heterocycles. The number of aromatic nitrogens is 1. The molecule has 23 heavy (non-hydrogen) atoms. The fourth-order valence-corrected chi connectivity index (χ4v) is 3.34. The summed E-state index contributed by atoms with van der Waals surface area (Å²) in [6.07, 6.45) is 2.52. The number of hydrogen-bond donors (Lipinski definition) is 1. The Morgan fingerprint density at radius 2 is 1.96 bits per heavy atom. The zero-order chi connectivity index (χ0) is 16.6. The minimum atomic E-state index is -3.51. The van der Waals surface area contributed by atoms with Crippen LogP contribution >= 0.6 is 0 Å². The molecule has 6 nitrogen and oxygen atoms in total. The molecule has 2 aromatic rings. The van der Waals surface area contributed by atoms with Crippen LogP contribution in [-0.2, 0) is 16.6 Å². The first kappa shape index (κ1) is 15.8. The lowest BCUT2D eigenvalue weighted by molar-refractivity contribution is 0.527. The van der Waals surface area contributed by atoms with Crippen molar-refractivity contribution in [1.29, 1.82) is 0 Å². The SMILES string of the molecule is CC1Cc2ccccc2N1c1ccc(NS(=O)(=O)N(C)C)cn1. The van der Waals surface area contributed by atoms with Gasteiger partial charge in [0.2, 0.25) is 0 Å². The summed E-state index contributed by atoms with van der Waals surface area (Å²) in [7, 11) is -0.555. The van der Waals surface area contributed by atoms with Crippen molar-refractivity contribution in [2.24, 2.45) is 0 Å². The van der Waals surface area contributed by atoms with E-state index in [4.69, 9.17) is 0 Å². The number of anilines is 3. The highest BCUT2D eigenvalue weighted by Gasteiger charge is 2.27. The first-order chi connectivity index (χ1) is 10.9. The molecule has 1 unspecified atom stereocenters. The van der Waals surface area contributed by atoms with Gasteiger partial charge in [-0.2, -0.15) is 12.7 Å². The Hall–Kier alpha value is -2.12. The molecule has 0 amide bonds. The third kappa shape index (κ3) is 3.02. The highest BCUT2D eigenvalue weighted by atomic mass is 32.2. The first-order valence-electron chi connectivity index (χ1n) is 7.42. The average molecular weight is 332 g/mol. The number of rotatable bonds is 4. The van der Waals surface area contributed by atoms with Crippen LogP contribution in [0.3, 0.4) is 0 Å². The number of nitrogens with zero attached hydrogens (tertiary/aromatic N) is 3.